The van der Waals surface area contributed by atoms with E-state index < -0.39 is 0 Å². The molecule has 2 aromatic heterocycles. The van der Waals surface area contributed by atoms with Crippen molar-refractivity contribution in [2.75, 3.05) is 6.54 Å². The summed E-state index contributed by atoms with van der Waals surface area (Å²) in [5.41, 5.74) is 1.92. The molecule has 1 aliphatic rings. The third-order valence-electron chi connectivity index (χ3n) is 4.48. The molecule has 4 rings (SSSR count). The van der Waals surface area contributed by atoms with Crippen LogP contribution in [-0.2, 0) is 11.3 Å². The molecule has 1 N–H and O–H groups in total. The number of nitrogens with one attached hydrogen (secondary N) is 1. The molecular formula is C19H17FN4O2. The van der Waals surface area contributed by atoms with Crippen LogP contribution < -0.4 is 5.32 Å². The largest absolute Gasteiger partial charge is 0.347 e. The minimum Gasteiger partial charge on any atom is -0.347 e. The molecule has 0 unspecified atom stereocenters. The van der Waals surface area contributed by atoms with Gasteiger partial charge in [-0.05, 0) is 29.8 Å². The standard InChI is InChI=1S/C19H17FN4O2/c20-14-5-3-4-13(8-14)11-23-12-15(9-18(23)25)22-19(26)16-10-21-24-7-2-1-6-17(16)24/h1-8,10,15H,9,11-12H2,(H,22,26)/t15-/m1/s1. The fourth-order valence-corrected chi connectivity index (χ4v) is 3.25. The number of nitrogens with zero attached hydrogens (tertiary/aromatic N) is 3. The molecular weight excluding hydrogens is 335 g/mol. The molecule has 3 aromatic rings. The van der Waals surface area contributed by atoms with E-state index in [2.05, 4.69) is 10.4 Å². The minimum atomic E-state index is -0.327. The van der Waals surface area contributed by atoms with Gasteiger partial charge in [-0.3, -0.25) is 9.59 Å². The molecule has 1 fully saturated rings. The second kappa shape index (κ2) is 6.59. The second-order valence-corrected chi connectivity index (χ2v) is 6.37. The van der Waals surface area contributed by atoms with Gasteiger partial charge in [-0.1, -0.05) is 18.2 Å². The van der Waals surface area contributed by atoms with Crippen molar-refractivity contribution >= 4 is 17.3 Å². The van der Waals surface area contributed by atoms with Gasteiger partial charge in [0.05, 0.1) is 23.3 Å². The van der Waals surface area contributed by atoms with Crippen LogP contribution in [0.4, 0.5) is 4.39 Å². The molecule has 1 aliphatic heterocycles. The van der Waals surface area contributed by atoms with Crippen LogP contribution in [0.25, 0.3) is 5.52 Å². The Bertz CT molecular complexity index is 984. The van der Waals surface area contributed by atoms with Gasteiger partial charge in [0.25, 0.3) is 5.91 Å². The Hall–Kier alpha value is -3.22. The molecule has 1 saturated heterocycles. The van der Waals surface area contributed by atoms with Gasteiger partial charge in [0.1, 0.15) is 5.82 Å². The smallest absolute Gasteiger partial charge is 0.255 e. The molecule has 1 atom stereocenters. The lowest BCUT2D eigenvalue weighted by molar-refractivity contribution is -0.128. The highest BCUT2D eigenvalue weighted by Gasteiger charge is 2.31. The summed E-state index contributed by atoms with van der Waals surface area (Å²) < 4.78 is 14.9. The van der Waals surface area contributed by atoms with Crippen LogP contribution in [0.15, 0.2) is 54.9 Å². The monoisotopic (exact) mass is 352 g/mol. The summed E-state index contributed by atoms with van der Waals surface area (Å²) in [6.45, 7) is 0.736. The van der Waals surface area contributed by atoms with E-state index >= 15 is 0 Å². The maximum absolute atomic E-state index is 13.3. The van der Waals surface area contributed by atoms with Crippen molar-refractivity contribution in [3.8, 4) is 0 Å². The number of carbonyl (C=O) groups is 2. The number of hydrogen-bond donors (Lipinski definition) is 1. The van der Waals surface area contributed by atoms with Crippen molar-refractivity contribution in [1.29, 1.82) is 0 Å². The number of hydrogen-bond acceptors (Lipinski definition) is 3. The minimum absolute atomic E-state index is 0.0561. The molecule has 0 radical (unpaired) electrons. The number of carbonyl (C=O) groups excluding carboxylic acids is 2. The molecule has 132 valence electrons. The number of halogens is 1. The Labute approximate surface area is 149 Å². The topological polar surface area (TPSA) is 66.7 Å². The summed E-state index contributed by atoms with van der Waals surface area (Å²) >= 11 is 0. The summed E-state index contributed by atoms with van der Waals surface area (Å²) in [4.78, 5) is 26.4. The fraction of sp³-hybridized carbons (Fsp3) is 0.211. The van der Waals surface area contributed by atoms with Crippen molar-refractivity contribution in [3.05, 3.63) is 71.8 Å². The van der Waals surface area contributed by atoms with E-state index in [0.717, 1.165) is 5.56 Å². The quantitative estimate of drug-likeness (QED) is 0.781. The molecule has 3 heterocycles. The Morgan fingerprint density at radius 3 is 3.00 bits per heavy atom. The van der Waals surface area contributed by atoms with Crippen molar-refractivity contribution < 1.29 is 14.0 Å². The lowest BCUT2D eigenvalue weighted by atomic mass is 10.2. The molecule has 1 aromatic carbocycles. The van der Waals surface area contributed by atoms with Crippen LogP contribution in [0.3, 0.4) is 0 Å². The molecule has 0 bridgehead atoms. The predicted molar refractivity (Wildman–Crippen MR) is 92.9 cm³/mol. The van der Waals surface area contributed by atoms with Gasteiger partial charge in [-0.15, -0.1) is 0 Å². The Balaban J connectivity index is 1.43. The van der Waals surface area contributed by atoms with Gasteiger partial charge in [-0.2, -0.15) is 5.10 Å². The van der Waals surface area contributed by atoms with E-state index in [1.165, 1.54) is 18.3 Å². The number of pyridine rings is 1. The Kier molecular flexibility index (Phi) is 4.12. The molecule has 7 heteroatoms. The van der Waals surface area contributed by atoms with Crippen LogP contribution in [0.1, 0.15) is 22.3 Å². The number of amides is 2. The first-order valence-corrected chi connectivity index (χ1v) is 8.35. The van der Waals surface area contributed by atoms with Crippen molar-refractivity contribution in [2.24, 2.45) is 0 Å². The number of rotatable bonds is 4. The second-order valence-electron chi connectivity index (χ2n) is 6.37. The third-order valence-corrected chi connectivity index (χ3v) is 4.48. The zero-order valence-corrected chi connectivity index (χ0v) is 13.9. The van der Waals surface area contributed by atoms with Crippen LogP contribution in [-0.4, -0.2) is 38.9 Å². The van der Waals surface area contributed by atoms with Gasteiger partial charge in [0.15, 0.2) is 0 Å². The maximum atomic E-state index is 13.3. The van der Waals surface area contributed by atoms with E-state index in [-0.39, 0.29) is 30.1 Å². The number of fused-ring (bicyclic) bond motifs is 1. The summed E-state index contributed by atoms with van der Waals surface area (Å²) in [5, 5.41) is 7.05. The predicted octanol–water partition coefficient (Wildman–Crippen LogP) is 2.00. The van der Waals surface area contributed by atoms with Gasteiger partial charge in [0, 0.05) is 25.7 Å². The van der Waals surface area contributed by atoms with Crippen molar-refractivity contribution in [1.82, 2.24) is 19.8 Å². The average Bonchev–Trinajstić information content (AvgIpc) is 3.19. The lowest BCUT2D eigenvalue weighted by Crippen LogP contribution is -2.37. The van der Waals surface area contributed by atoms with E-state index in [1.807, 2.05) is 18.2 Å². The normalized spacial score (nSPS) is 17.0. The summed E-state index contributed by atoms with van der Waals surface area (Å²) in [6, 6.07) is 11.4. The van der Waals surface area contributed by atoms with Crippen LogP contribution in [0, 0.1) is 5.82 Å². The van der Waals surface area contributed by atoms with E-state index in [4.69, 9.17) is 0 Å². The third kappa shape index (κ3) is 3.15. The zero-order valence-electron chi connectivity index (χ0n) is 13.9. The van der Waals surface area contributed by atoms with Crippen LogP contribution in [0.5, 0.6) is 0 Å². The zero-order chi connectivity index (χ0) is 18.1. The molecule has 26 heavy (non-hydrogen) atoms. The molecule has 6 nitrogen and oxygen atoms in total. The van der Waals surface area contributed by atoms with E-state index in [1.54, 1.807) is 27.7 Å². The van der Waals surface area contributed by atoms with Crippen molar-refractivity contribution in [2.45, 2.75) is 19.0 Å². The fourth-order valence-electron chi connectivity index (χ4n) is 3.25. The highest BCUT2D eigenvalue weighted by molar-refractivity contribution is 6.01. The molecule has 0 spiro atoms. The van der Waals surface area contributed by atoms with E-state index in [9.17, 15) is 14.0 Å². The molecule has 0 saturated carbocycles. The maximum Gasteiger partial charge on any atom is 0.255 e. The Morgan fingerprint density at radius 1 is 1.27 bits per heavy atom. The average molecular weight is 352 g/mol. The number of aromatic nitrogens is 2. The van der Waals surface area contributed by atoms with Gasteiger partial charge >= 0.3 is 0 Å². The summed E-state index contributed by atoms with van der Waals surface area (Å²) in [5.74, 6) is -0.636. The van der Waals surface area contributed by atoms with Crippen molar-refractivity contribution in [3.63, 3.8) is 0 Å². The first-order chi connectivity index (χ1) is 12.6. The molecule has 0 aliphatic carbocycles. The number of likely N-dealkylation sites (tertiary alicyclic amines) is 1. The summed E-state index contributed by atoms with van der Waals surface area (Å²) in [6.07, 6.45) is 3.53. The highest BCUT2D eigenvalue weighted by Crippen LogP contribution is 2.17. The lowest BCUT2D eigenvalue weighted by Gasteiger charge is -2.17. The van der Waals surface area contributed by atoms with Crippen LogP contribution in [0.2, 0.25) is 0 Å². The molecule has 2 amide bonds. The van der Waals surface area contributed by atoms with Crippen LogP contribution >= 0.6 is 0 Å². The first-order valence-electron chi connectivity index (χ1n) is 8.35. The van der Waals surface area contributed by atoms with Gasteiger partial charge in [-0.25, -0.2) is 8.91 Å². The Morgan fingerprint density at radius 2 is 2.15 bits per heavy atom. The number of benzene rings is 1. The SMILES string of the molecule is O=C(N[C@@H]1CC(=O)N(Cc2cccc(F)c2)C1)c1cnn2ccccc12. The van der Waals surface area contributed by atoms with Gasteiger partial charge < -0.3 is 10.2 Å². The summed E-state index contributed by atoms with van der Waals surface area (Å²) in [7, 11) is 0. The highest BCUT2D eigenvalue weighted by atomic mass is 19.1. The first kappa shape index (κ1) is 16.3. The van der Waals surface area contributed by atoms with E-state index in [0.29, 0.717) is 24.2 Å². The van der Waals surface area contributed by atoms with Gasteiger partial charge in [0.2, 0.25) is 5.91 Å².